The highest BCUT2D eigenvalue weighted by atomic mass is 16.5. The molecule has 0 radical (unpaired) electrons. The number of pyridine rings is 1. The number of likely N-dealkylation sites (tertiary alicyclic amines) is 1. The Morgan fingerprint density at radius 1 is 0.987 bits per heavy atom. The maximum atomic E-state index is 14.9. The molecule has 0 saturated carbocycles. The summed E-state index contributed by atoms with van der Waals surface area (Å²) in [5.74, 6) is 3.09. The van der Waals surface area contributed by atoms with Crippen LogP contribution in [0.15, 0.2) is 60.8 Å². The van der Waals surface area contributed by atoms with E-state index in [1.54, 1.807) is 25.3 Å². The van der Waals surface area contributed by atoms with Gasteiger partial charge in [-0.2, -0.15) is 0 Å². The number of hydrogen-bond donors (Lipinski definition) is 2. The van der Waals surface area contributed by atoms with Gasteiger partial charge in [0, 0.05) is 107 Å². The molecule has 2 aromatic carbocycles. The predicted molar refractivity (Wildman–Crippen MR) is 289 cm³/mol. The minimum atomic E-state index is -1.03. The Kier molecular flexibility index (Phi) is 17.2. The lowest BCUT2D eigenvalue weighted by atomic mass is 9.84. The number of cyclic esters (lactones) is 1. The zero-order chi connectivity index (χ0) is 53.8. The van der Waals surface area contributed by atoms with Crippen molar-refractivity contribution < 1.29 is 38.2 Å². The van der Waals surface area contributed by atoms with E-state index in [2.05, 4.69) is 89.2 Å². The monoisotopic (exact) mass is 1030 g/mol. The molecule has 75 heavy (non-hydrogen) atoms. The number of esters is 1. The first-order valence-electron chi connectivity index (χ1n) is 26.9. The van der Waals surface area contributed by atoms with Gasteiger partial charge in [-0.15, -0.1) is 0 Å². The van der Waals surface area contributed by atoms with E-state index in [9.17, 15) is 24.0 Å². The molecule has 2 aromatic heterocycles. The van der Waals surface area contributed by atoms with Gasteiger partial charge in [0.15, 0.2) is 0 Å². The number of rotatable bonds is 10. The van der Waals surface area contributed by atoms with E-state index >= 15 is 0 Å². The van der Waals surface area contributed by atoms with Crippen LogP contribution in [0.5, 0.6) is 0 Å². The van der Waals surface area contributed by atoms with Crippen LogP contribution in [0, 0.1) is 35.0 Å². The topological polar surface area (TPSA) is 168 Å². The van der Waals surface area contributed by atoms with Crippen LogP contribution in [0.2, 0.25) is 0 Å². The number of ether oxygens (including phenoxy) is 3. The number of nitrogens with one attached hydrogen (secondary N) is 2. The van der Waals surface area contributed by atoms with Crippen molar-refractivity contribution >= 4 is 40.5 Å². The van der Waals surface area contributed by atoms with E-state index in [-0.39, 0.29) is 61.8 Å². The molecule has 6 bridgehead atoms. The highest BCUT2D eigenvalue weighted by Gasteiger charge is 2.40. The molecule has 8 rings (SSSR count). The molecule has 3 fully saturated rings. The summed E-state index contributed by atoms with van der Waals surface area (Å²) in [5, 5.41) is 5.72. The Morgan fingerprint density at radius 3 is 2.47 bits per heavy atom. The fourth-order valence-electron chi connectivity index (χ4n) is 11.6. The summed E-state index contributed by atoms with van der Waals surface area (Å²) >= 11 is 0. The molecule has 16 nitrogen and oxygen atoms in total. The van der Waals surface area contributed by atoms with Gasteiger partial charge in [0.25, 0.3) is 11.8 Å². The molecule has 0 aliphatic carbocycles. The van der Waals surface area contributed by atoms with Gasteiger partial charge in [0.2, 0.25) is 11.8 Å². The minimum absolute atomic E-state index is 0.160. The number of fused-ring (bicyclic) bond motifs is 7. The van der Waals surface area contributed by atoms with Gasteiger partial charge in [-0.3, -0.25) is 38.9 Å². The third-order valence-electron chi connectivity index (χ3n) is 16.0. The number of hydrogen-bond acceptors (Lipinski definition) is 11. The van der Waals surface area contributed by atoms with Crippen LogP contribution in [0.1, 0.15) is 96.6 Å². The molecule has 4 aliphatic heterocycles. The molecular formula is C59H78N8O8. The Labute approximate surface area is 443 Å². The fourth-order valence-corrected chi connectivity index (χ4v) is 11.6. The second-order valence-electron chi connectivity index (χ2n) is 22.4. The molecule has 402 valence electrons. The molecule has 4 amide bonds. The lowest BCUT2D eigenvalue weighted by molar-refractivity contribution is -0.152. The molecule has 1 unspecified atom stereocenters. The molecule has 3 saturated heterocycles. The Morgan fingerprint density at radius 2 is 1.75 bits per heavy atom. The maximum absolute atomic E-state index is 14.9. The van der Waals surface area contributed by atoms with Gasteiger partial charge in [-0.1, -0.05) is 63.9 Å². The zero-order valence-electron chi connectivity index (χ0n) is 45.8. The molecule has 16 heteroatoms. The fraction of sp³-hybridized carbons (Fsp3) is 0.559. The van der Waals surface area contributed by atoms with Gasteiger partial charge in [0.1, 0.15) is 12.1 Å². The predicted octanol–water partition coefficient (Wildman–Crippen LogP) is 6.44. The Bertz CT molecular complexity index is 2820. The van der Waals surface area contributed by atoms with Crippen LogP contribution in [-0.2, 0) is 57.6 Å². The molecule has 2 N–H and O–H groups in total. The second kappa shape index (κ2) is 23.4. The van der Waals surface area contributed by atoms with Crippen molar-refractivity contribution in [2.24, 2.45) is 23.2 Å². The first-order chi connectivity index (χ1) is 35.8. The van der Waals surface area contributed by atoms with Gasteiger partial charge in [-0.25, -0.2) is 5.43 Å². The SMILES string of the molecule is CCn1c(-c2cccnc2[C@H](C)OC)c2c3cc(ccc31)-c1cccc(c1)C[C@H](NC(=O)C(C(C)C)N(C)C(=O)[C@H]1CCN(C(=O)C#CC3(N(C)C)CCOCC3)C1)C(=O)N1CCC[C@H](CN1)C(=O)OCC(C)(C)C2. The van der Waals surface area contributed by atoms with Crippen molar-refractivity contribution in [3.63, 3.8) is 0 Å². The first-order valence-corrected chi connectivity index (χ1v) is 26.9. The van der Waals surface area contributed by atoms with E-state index < -0.39 is 40.8 Å². The highest BCUT2D eigenvalue weighted by Crippen LogP contribution is 2.42. The molecule has 5 atom stereocenters. The summed E-state index contributed by atoms with van der Waals surface area (Å²) in [6.45, 7) is 15.3. The van der Waals surface area contributed by atoms with Gasteiger partial charge < -0.3 is 33.9 Å². The summed E-state index contributed by atoms with van der Waals surface area (Å²) in [5.41, 5.74) is 10.2. The van der Waals surface area contributed by atoms with Crippen molar-refractivity contribution in [1.29, 1.82) is 0 Å². The summed E-state index contributed by atoms with van der Waals surface area (Å²) in [6, 6.07) is 16.7. The van der Waals surface area contributed by atoms with Crippen molar-refractivity contribution in [1.82, 2.24) is 40.0 Å². The van der Waals surface area contributed by atoms with Crippen molar-refractivity contribution in [2.45, 2.75) is 117 Å². The van der Waals surface area contributed by atoms with Gasteiger partial charge in [0.05, 0.1) is 41.5 Å². The lowest BCUT2D eigenvalue weighted by Crippen LogP contribution is -2.59. The second-order valence-corrected chi connectivity index (χ2v) is 22.4. The smallest absolute Gasteiger partial charge is 0.310 e. The molecular weight excluding hydrogens is 949 g/mol. The Balaban J connectivity index is 1.10. The summed E-state index contributed by atoms with van der Waals surface area (Å²) in [7, 11) is 7.25. The van der Waals surface area contributed by atoms with E-state index in [1.807, 2.05) is 53.1 Å². The number of nitrogens with zero attached hydrogens (tertiary/aromatic N) is 6. The number of likely N-dealkylation sites (N-methyl/N-ethyl adjacent to an activating group) is 1. The largest absolute Gasteiger partial charge is 0.465 e. The molecule has 4 aromatic rings. The van der Waals surface area contributed by atoms with Crippen molar-refractivity contribution in [3.8, 4) is 34.2 Å². The van der Waals surface area contributed by atoms with Crippen LogP contribution in [0.25, 0.3) is 33.3 Å². The van der Waals surface area contributed by atoms with Crippen LogP contribution in [-0.4, -0.2) is 151 Å². The van der Waals surface area contributed by atoms with Crippen molar-refractivity contribution in [3.05, 3.63) is 77.6 Å². The van der Waals surface area contributed by atoms with Crippen LogP contribution in [0.3, 0.4) is 0 Å². The van der Waals surface area contributed by atoms with Crippen LogP contribution < -0.4 is 10.7 Å². The lowest BCUT2D eigenvalue weighted by Gasteiger charge is -2.38. The molecule has 4 aliphatic rings. The number of benzene rings is 2. The standard InChI is InChI=1S/C59H78N8O8/c1-11-66-49-20-19-42-33-46(49)47(53(66)45-18-13-26-60-51(45)39(4)73-10)34-58(5,6)37-75-57(72)43-17-14-27-67(61-35-43)56(71)48(32-40-15-12-16-41(42)31-40)62-54(69)52(38(2)3)64(9)55(70)44-22-28-65(36-44)50(68)21-23-59(63(7)8)24-29-74-30-25-59/h12-13,15-16,18-20,26,31,33,38-39,43-44,48,52,61H,11,14,17,22,24-25,27-30,32,34-37H2,1-10H3,(H,62,69)/t39-,43+,44-,48-,52?/m0/s1. The molecule has 0 spiro atoms. The minimum Gasteiger partial charge on any atom is -0.465 e. The quantitative estimate of drug-likeness (QED) is 0.133. The number of aromatic nitrogens is 2. The number of hydrazine groups is 1. The maximum Gasteiger partial charge on any atom is 0.310 e. The summed E-state index contributed by atoms with van der Waals surface area (Å²) < 4.78 is 20.0. The third-order valence-corrected chi connectivity index (χ3v) is 16.0. The highest BCUT2D eigenvalue weighted by molar-refractivity contribution is 5.97. The first kappa shape index (κ1) is 55.1. The summed E-state index contributed by atoms with van der Waals surface area (Å²) in [6.07, 6.45) is 5.20. The van der Waals surface area contributed by atoms with Crippen LogP contribution in [0.4, 0.5) is 0 Å². The average molecular weight is 1030 g/mol. The number of carbonyl (C=O) groups excluding carboxylic acids is 5. The number of amides is 4. The normalized spacial score (nSPS) is 21.9. The number of carbonyl (C=O) groups is 5. The third kappa shape index (κ3) is 12.0. The van der Waals surface area contributed by atoms with Gasteiger partial charge >= 0.3 is 5.97 Å². The molecule has 6 heterocycles. The van der Waals surface area contributed by atoms with E-state index in [1.165, 1.54) is 9.91 Å². The van der Waals surface area contributed by atoms with Gasteiger partial charge in [-0.05, 0) is 112 Å². The van der Waals surface area contributed by atoms with E-state index in [0.717, 1.165) is 50.1 Å². The average Bonchev–Trinajstić information content (AvgIpc) is 3.93. The van der Waals surface area contributed by atoms with E-state index in [0.29, 0.717) is 71.4 Å². The van der Waals surface area contributed by atoms with Crippen molar-refractivity contribution in [2.75, 3.05) is 74.3 Å². The summed E-state index contributed by atoms with van der Waals surface area (Å²) in [4.78, 5) is 81.4. The number of aryl methyl sites for hydroxylation is 1. The zero-order valence-corrected chi connectivity index (χ0v) is 45.8. The van der Waals surface area contributed by atoms with Crippen LogP contribution >= 0.6 is 0 Å². The number of methoxy groups -OCH3 is 1. The van der Waals surface area contributed by atoms with E-state index in [4.69, 9.17) is 19.2 Å². The Hall–Kier alpha value is -6.12.